The number of nitrogens with zero attached hydrogens (tertiary/aromatic N) is 1. The molecule has 1 aliphatic carbocycles. The molecule has 3 unspecified atom stereocenters. The van der Waals surface area contributed by atoms with Crippen LogP contribution in [0.3, 0.4) is 0 Å². The SMILES string of the molecule is CC(NC1CCCCC1O)c1nc2ccccc2s1. The van der Waals surface area contributed by atoms with Crippen molar-refractivity contribution in [2.45, 2.75) is 50.8 Å². The van der Waals surface area contributed by atoms with E-state index in [9.17, 15) is 5.11 Å². The minimum atomic E-state index is -0.203. The number of rotatable bonds is 3. The molecule has 0 spiro atoms. The summed E-state index contributed by atoms with van der Waals surface area (Å²) in [6.45, 7) is 2.14. The van der Waals surface area contributed by atoms with Crippen molar-refractivity contribution >= 4 is 21.6 Å². The Morgan fingerprint density at radius 1 is 1.32 bits per heavy atom. The highest BCUT2D eigenvalue weighted by molar-refractivity contribution is 7.18. The summed E-state index contributed by atoms with van der Waals surface area (Å²) < 4.78 is 1.23. The molecule has 102 valence electrons. The summed E-state index contributed by atoms with van der Waals surface area (Å²) >= 11 is 1.74. The maximum absolute atomic E-state index is 10.0. The lowest BCUT2D eigenvalue weighted by molar-refractivity contribution is 0.0860. The first-order chi connectivity index (χ1) is 9.24. The average molecular weight is 276 g/mol. The van der Waals surface area contributed by atoms with E-state index in [1.165, 1.54) is 11.1 Å². The van der Waals surface area contributed by atoms with Gasteiger partial charge in [-0.3, -0.25) is 0 Å². The molecule has 1 fully saturated rings. The molecular formula is C15H20N2OS. The fraction of sp³-hybridized carbons (Fsp3) is 0.533. The maximum atomic E-state index is 10.0. The topological polar surface area (TPSA) is 45.1 Å². The van der Waals surface area contributed by atoms with Gasteiger partial charge in [0.2, 0.25) is 0 Å². The van der Waals surface area contributed by atoms with Crippen LogP contribution in [0.25, 0.3) is 10.2 Å². The molecular weight excluding hydrogens is 256 g/mol. The molecule has 3 atom stereocenters. The van der Waals surface area contributed by atoms with Crippen LogP contribution in [-0.2, 0) is 0 Å². The first kappa shape index (κ1) is 13.0. The second kappa shape index (κ2) is 5.57. The number of hydrogen-bond donors (Lipinski definition) is 2. The molecule has 2 N–H and O–H groups in total. The first-order valence-electron chi connectivity index (χ1n) is 7.03. The van der Waals surface area contributed by atoms with Gasteiger partial charge in [0.15, 0.2) is 0 Å². The van der Waals surface area contributed by atoms with Gasteiger partial charge in [0, 0.05) is 6.04 Å². The first-order valence-corrected chi connectivity index (χ1v) is 7.85. The van der Waals surface area contributed by atoms with Gasteiger partial charge >= 0.3 is 0 Å². The fourth-order valence-corrected chi connectivity index (χ4v) is 3.75. The van der Waals surface area contributed by atoms with Crippen LogP contribution >= 0.6 is 11.3 Å². The van der Waals surface area contributed by atoms with Crippen LogP contribution in [0.15, 0.2) is 24.3 Å². The van der Waals surface area contributed by atoms with Crippen LogP contribution in [-0.4, -0.2) is 22.2 Å². The number of hydrogen-bond acceptors (Lipinski definition) is 4. The second-order valence-corrected chi connectivity index (χ2v) is 6.43. The van der Waals surface area contributed by atoms with Crippen molar-refractivity contribution in [1.29, 1.82) is 0 Å². The number of benzene rings is 1. The lowest BCUT2D eigenvalue weighted by Gasteiger charge is -2.30. The number of aliphatic hydroxyl groups is 1. The van der Waals surface area contributed by atoms with Gasteiger partial charge in [-0.05, 0) is 31.9 Å². The predicted molar refractivity (Wildman–Crippen MR) is 79.4 cm³/mol. The Morgan fingerprint density at radius 2 is 2.11 bits per heavy atom. The monoisotopic (exact) mass is 276 g/mol. The maximum Gasteiger partial charge on any atom is 0.111 e. The standard InChI is InChI=1S/C15H20N2OS/c1-10(16-11-6-2-4-8-13(11)18)15-17-12-7-3-5-9-14(12)19-15/h3,5,7,9-11,13,16,18H,2,4,6,8H2,1H3. The highest BCUT2D eigenvalue weighted by Crippen LogP contribution is 2.28. The van der Waals surface area contributed by atoms with Crippen molar-refractivity contribution in [3.05, 3.63) is 29.3 Å². The third kappa shape index (κ3) is 2.81. The lowest BCUT2D eigenvalue weighted by atomic mass is 9.92. The van der Waals surface area contributed by atoms with Crippen molar-refractivity contribution in [3.8, 4) is 0 Å². The van der Waals surface area contributed by atoms with Crippen LogP contribution in [0.1, 0.15) is 43.7 Å². The number of aliphatic hydroxyl groups excluding tert-OH is 1. The summed E-state index contributed by atoms with van der Waals surface area (Å²) in [5, 5.41) is 14.7. The van der Waals surface area contributed by atoms with Gasteiger partial charge in [-0.15, -0.1) is 11.3 Å². The quantitative estimate of drug-likeness (QED) is 0.904. The van der Waals surface area contributed by atoms with Crippen molar-refractivity contribution < 1.29 is 5.11 Å². The Morgan fingerprint density at radius 3 is 2.89 bits per heavy atom. The zero-order valence-corrected chi connectivity index (χ0v) is 12.0. The molecule has 0 bridgehead atoms. The predicted octanol–water partition coefficient (Wildman–Crippen LogP) is 3.25. The summed E-state index contributed by atoms with van der Waals surface area (Å²) in [4.78, 5) is 4.68. The molecule has 1 aromatic heterocycles. The molecule has 0 saturated heterocycles. The van der Waals surface area contributed by atoms with Crippen molar-refractivity contribution in [2.75, 3.05) is 0 Å². The van der Waals surface area contributed by atoms with E-state index in [4.69, 9.17) is 0 Å². The van der Waals surface area contributed by atoms with Gasteiger partial charge in [0.25, 0.3) is 0 Å². The summed E-state index contributed by atoms with van der Waals surface area (Å²) in [6.07, 6.45) is 4.14. The van der Waals surface area contributed by atoms with Crippen LogP contribution in [0.4, 0.5) is 0 Å². The molecule has 0 amide bonds. The van der Waals surface area contributed by atoms with Crippen LogP contribution in [0.5, 0.6) is 0 Å². The van der Waals surface area contributed by atoms with Crippen molar-refractivity contribution in [1.82, 2.24) is 10.3 Å². The van der Waals surface area contributed by atoms with E-state index in [0.29, 0.717) is 0 Å². The molecule has 3 nitrogen and oxygen atoms in total. The van der Waals surface area contributed by atoms with Gasteiger partial charge in [-0.2, -0.15) is 0 Å². The minimum Gasteiger partial charge on any atom is -0.392 e. The smallest absolute Gasteiger partial charge is 0.111 e. The number of para-hydroxylation sites is 1. The van der Waals surface area contributed by atoms with E-state index in [1.54, 1.807) is 11.3 Å². The molecule has 1 aromatic carbocycles. The minimum absolute atomic E-state index is 0.203. The largest absolute Gasteiger partial charge is 0.392 e. The molecule has 19 heavy (non-hydrogen) atoms. The van der Waals surface area contributed by atoms with Crippen molar-refractivity contribution in [3.63, 3.8) is 0 Å². The highest BCUT2D eigenvalue weighted by Gasteiger charge is 2.25. The number of aromatic nitrogens is 1. The summed E-state index contributed by atoms with van der Waals surface area (Å²) in [7, 11) is 0. The average Bonchev–Trinajstić information content (AvgIpc) is 2.85. The molecule has 1 heterocycles. The third-order valence-electron chi connectivity index (χ3n) is 3.87. The van der Waals surface area contributed by atoms with Crippen LogP contribution in [0, 0.1) is 0 Å². The molecule has 1 saturated carbocycles. The molecule has 1 aliphatic rings. The number of thiazole rings is 1. The van der Waals surface area contributed by atoms with E-state index in [-0.39, 0.29) is 18.2 Å². The van der Waals surface area contributed by atoms with Gasteiger partial charge in [-0.25, -0.2) is 4.98 Å². The van der Waals surface area contributed by atoms with Gasteiger partial charge in [0.05, 0.1) is 22.4 Å². The third-order valence-corrected chi connectivity index (χ3v) is 5.09. The normalized spacial score (nSPS) is 25.6. The second-order valence-electron chi connectivity index (χ2n) is 5.37. The van der Waals surface area contributed by atoms with E-state index < -0.39 is 0 Å². The van der Waals surface area contributed by atoms with E-state index >= 15 is 0 Å². The lowest BCUT2D eigenvalue weighted by Crippen LogP contribution is -2.43. The van der Waals surface area contributed by atoms with E-state index in [0.717, 1.165) is 29.8 Å². The number of nitrogens with one attached hydrogen (secondary N) is 1. The molecule has 3 rings (SSSR count). The Bertz CT molecular complexity index is 521. The molecule has 2 aromatic rings. The van der Waals surface area contributed by atoms with Gasteiger partial charge in [-0.1, -0.05) is 25.0 Å². The van der Waals surface area contributed by atoms with Crippen molar-refractivity contribution in [2.24, 2.45) is 0 Å². The summed E-state index contributed by atoms with van der Waals surface area (Å²) in [6, 6.07) is 8.66. The Kier molecular flexibility index (Phi) is 3.82. The zero-order chi connectivity index (χ0) is 13.2. The molecule has 4 heteroatoms. The fourth-order valence-electron chi connectivity index (χ4n) is 2.77. The van der Waals surface area contributed by atoms with Crippen LogP contribution < -0.4 is 5.32 Å². The van der Waals surface area contributed by atoms with E-state index in [2.05, 4.69) is 29.4 Å². The summed E-state index contributed by atoms with van der Waals surface area (Å²) in [5.41, 5.74) is 1.07. The zero-order valence-electron chi connectivity index (χ0n) is 11.2. The van der Waals surface area contributed by atoms with Gasteiger partial charge < -0.3 is 10.4 Å². The highest BCUT2D eigenvalue weighted by atomic mass is 32.1. The molecule has 0 radical (unpaired) electrons. The Balaban J connectivity index is 1.74. The molecule has 0 aliphatic heterocycles. The van der Waals surface area contributed by atoms with Gasteiger partial charge in [0.1, 0.15) is 5.01 Å². The summed E-state index contributed by atoms with van der Waals surface area (Å²) in [5.74, 6) is 0. The Labute approximate surface area is 117 Å². The van der Waals surface area contributed by atoms with E-state index in [1.807, 2.05) is 12.1 Å². The number of fused-ring (bicyclic) bond motifs is 1. The van der Waals surface area contributed by atoms with Crippen LogP contribution in [0.2, 0.25) is 0 Å². The Hall–Kier alpha value is -0.970.